The van der Waals surface area contributed by atoms with E-state index in [9.17, 15) is 13.5 Å². The van der Waals surface area contributed by atoms with Crippen LogP contribution in [-0.4, -0.2) is 24.6 Å². The van der Waals surface area contributed by atoms with Crippen molar-refractivity contribution in [3.63, 3.8) is 0 Å². The zero-order chi connectivity index (χ0) is 14.8. The number of rotatable bonds is 7. The highest BCUT2D eigenvalue weighted by Gasteiger charge is 2.21. The molecule has 0 unspecified atom stereocenters. The van der Waals surface area contributed by atoms with Crippen LogP contribution in [0.4, 0.5) is 0 Å². The third-order valence-electron chi connectivity index (χ3n) is 4.00. The van der Waals surface area contributed by atoms with Crippen LogP contribution in [-0.2, 0) is 16.6 Å². The van der Waals surface area contributed by atoms with E-state index in [0.29, 0.717) is 18.2 Å². The molecule has 2 rings (SSSR count). The molecule has 0 saturated heterocycles. The van der Waals surface area contributed by atoms with Crippen LogP contribution in [0.5, 0.6) is 0 Å². The summed E-state index contributed by atoms with van der Waals surface area (Å²) in [5.41, 5.74) is 0.624. The molecule has 1 aliphatic rings. The second kappa shape index (κ2) is 6.28. The first-order chi connectivity index (χ1) is 9.44. The molecule has 0 spiro atoms. The Bertz CT molecular complexity index is 545. The van der Waals surface area contributed by atoms with E-state index in [0.717, 1.165) is 6.42 Å². The fourth-order valence-corrected chi connectivity index (χ4v) is 3.61. The highest BCUT2D eigenvalue weighted by Crippen LogP contribution is 2.29. The largest absolute Gasteiger partial charge is 0.390 e. The van der Waals surface area contributed by atoms with Crippen LogP contribution in [0, 0.1) is 5.92 Å². The maximum Gasteiger partial charge on any atom is 0.242 e. The van der Waals surface area contributed by atoms with Gasteiger partial charge in [-0.25, -0.2) is 13.1 Å². The highest BCUT2D eigenvalue weighted by atomic mass is 32.2. The van der Waals surface area contributed by atoms with Crippen molar-refractivity contribution in [1.29, 1.82) is 0 Å². The molecular weight excluding hydrogens is 276 g/mol. The first kappa shape index (κ1) is 15.5. The molecule has 0 bridgehead atoms. The van der Waals surface area contributed by atoms with Gasteiger partial charge in [0.2, 0.25) is 10.0 Å². The average Bonchev–Trinajstić information content (AvgIpc) is 2.77. The quantitative estimate of drug-likeness (QED) is 0.809. The summed E-state index contributed by atoms with van der Waals surface area (Å²) in [4.78, 5) is 0.240. The lowest BCUT2D eigenvalue weighted by Crippen LogP contribution is -2.27. The summed E-state index contributed by atoms with van der Waals surface area (Å²) in [5.74, 6) is 0.686. The van der Waals surface area contributed by atoms with Crippen molar-refractivity contribution in [1.82, 2.24) is 9.29 Å². The minimum atomic E-state index is -3.47. The molecule has 0 aromatic carbocycles. The molecule has 1 fully saturated rings. The van der Waals surface area contributed by atoms with Gasteiger partial charge in [0.1, 0.15) is 0 Å². The van der Waals surface area contributed by atoms with E-state index >= 15 is 0 Å². The number of sulfonamides is 1. The Morgan fingerprint density at radius 3 is 2.60 bits per heavy atom. The number of hydrogen-bond acceptors (Lipinski definition) is 3. The molecule has 1 aromatic heterocycles. The molecule has 0 radical (unpaired) electrons. The van der Waals surface area contributed by atoms with E-state index in [1.54, 1.807) is 16.8 Å². The predicted octanol–water partition coefficient (Wildman–Crippen LogP) is 2.03. The molecule has 0 atom stereocenters. The van der Waals surface area contributed by atoms with Gasteiger partial charge in [-0.2, -0.15) is 0 Å². The normalized spacial score (nSPS) is 16.6. The van der Waals surface area contributed by atoms with Gasteiger partial charge in [-0.05, 0) is 32.3 Å². The fourth-order valence-electron chi connectivity index (χ4n) is 2.51. The summed E-state index contributed by atoms with van der Waals surface area (Å²) >= 11 is 0. The Hall–Kier alpha value is -0.850. The Morgan fingerprint density at radius 1 is 1.45 bits per heavy atom. The molecule has 2 N–H and O–H groups in total. The zero-order valence-corrected chi connectivity index (χ0v) is 13.0. The van der Waals surface area contributed by atoms with Gasteiger partial charge >= 0.3 is 0 Å². The highest BCUT2D eigenvalue weighted by molar-refractivity contribution is 7.89. The summed E-state index contributed by atoms with van der Waals surface area (Å²) in [6.45, 7) is 4.25. The number of nitrogens with zero attached hydrogens (tertiary/aromatic N) is 1. The van der Waals surface area contributed by atoms with Gasteiger partial charge in [-0.1, -0.05) is 19.3 Å². The van der Waals surface area contributed by atoms with E-state index in [1.807, 2.05) is 13.8 Å². The van der Waals surface area contributed by atoms with Crippen molar-refractivity contribution in [3.8, 4) is 0 Å². The molecule has 1 heterocycles. The molecule has 0 amide bonds. The van der Waals surface area contributed by atoms with Gasteiger partial charge < -0.3 is 9.67 Å². The van der Waals surface area contributed by atoms with Gasteiger partial charge in [-0.3, -0.25) is 0 Å². The van der Waals surface area contributed by atoms with Crippen LogP contribution >= 0.6 is 0 Å². The third kappa shape index (κ3) is 3.42. The van der Waals surface area contributed by atoms with Gasteiger partial charge in [0.05, 0.1) is 11.5 Å². The lowest BCUT2D eigenvalue weighted by molar-refractivity contribution is 0.268. The van der Waals surface area contributed by atoms with Crippen molar-refractivity contribution in [2.75, 3.05) is 6.54 Å². The third-order valence-corrected chi connectivity index (χ3v) is 5.43. The molecule has 5 nitrogen and oxygen atoms in total. The second-order valence-electron chi connectivity index (χ2n) is 5.81. The SMILES string of the molecule is CC(C)n1cc(S(=O)(=O)NCCC2CCC2)cc1CO. The van der Waals surface area contributed by atoms with Gasteiger partial charge in [0.15, 0.2) is 0 Å². The number of aliphatic hydroxyl groups excluding tert-OH is 1. The van der Waals surface area contributed by atoms with Crippen LogP contribution in [0.15, 0.2) is 17.2 Å². The second-order valence-corrected chi connectivity index (χ2v) is 7.58. The topological polar surface area (TPSA) is 71.3 Å². The van der Waals surface area contributed by atoms with Crippen molar-refractivity contribution in [2.24, 2.45) is 5.92 Å². The molecule has 1 saturated carbocycles. The molecule has 6 heteroatoms. The number of nitrogens with one attached hydrogen (secondary N) is 1. The molecule has 1 aliphatic carbocycles. The van der Waals surface area contributed by atoms with Crippen LogP contribution in [0.25, 0.3) is 0 Å². The molecule has 1 aromatic rings. The number of aromatic nitrogens is 1. The smallest absolute Gasteiger partial charge is 0.242 e. The Balaban J connectivity index is 2.04. The molecule has 0 aliphatic heterocycles. The zero-order valence-electron chi connectivity index (χ0n) is 12.2. The van der Waals surface area contributed by atoms with Crippen molar-refractivity contribution >= 4 is 10.0 Å². The summed E-state index contributed by atoms with van der Waals surface area (Å²) in [6, 6.07) is 1.67. The van der Waals surface area contributed by atoms with Gasteiger partial charge in [0.25, 0.3) is 0 Å². The van der Waals surface area contributed by atoms with E-state index in [1.165, 1.54) is 19.3 Å². The molecular formula is C14H24N2O3S. The Morgan fingerprint density at radius 2 is 2.15 bits per heavy atom. The summed E-state index contributed by atoms with van der Waals surface area (Å²) < 4.78 is 28.9. The van der Waals surface area contributed by atoms with Crippen LogP contribution in [0.2, 0.25) is 0 Å². The first-order valence-electron chi connectivity index (χ1n) is 7.25. The van der Waals surface area contributed by atoms with Crippen molar-refractivity contribution in [3.05, 3.63) is 18.0 Å². The van der Waals surface area contributed by atoms with Gasteiger partial charge in [0, 0.05) is 24.5 Å². The summed E-state index contributed by atoms with van der Waals surface area (Å²) in [6.07, 6.45) is 6.23. The first-order valence-corrected chi connectivity index (χ1v) is 8.73. The van der Waals surface area contributed by atoms with Gasteiger partial charge in [-0.15, -0.1) is 0 Å². The Labute approximate surface area is 121 Å². The number of hydrogen-bond donors (Lipinski definition) is 2. The minimum absolute atomic E-state index is 0.121. The summed E-state index contributed by atoms with van der Waals surface area (Å²) in [5, 5.41) is 9.30. The van der Waals surface area contributed by atoms with Crippen molar-refractivity contribution in [2.45, 2.75) is 57.1 Å². The van der Waals surface area contributed by atoms with E-state index in [4.69, 9.17) is 0 Å². The van der Waals surface area contributed by atoms with Crippen molar-refractivity contribution < 1.29 is 13.5 Å². The van der Waals surface area contributed by atoms with E-state index in [2.05, 4.69) is 4.72 Å². The monoisotopic (exact) mass is 300 g/mol. The predicted molar refractivity (Wildman–Crippen MR) is 77.9 cm³/mol. The lowest BCUT2D eigenvalue weighted by Gasteiger charge is -2.24. The maximum absolute atomic E-state index is 12.2. The molecule has 20 heavy (non-hydrogen) atoms. The molecule has 114 valence electrons. The maximum atomic E-state index is 12.2. The number of aliphatic hydroxyl groups is 1. The van der Waals surface area contributed by atoms with Crippen LogP contribution in [0.1, 0.15) is 51.3 Å². The standard InChI is InChI=1S/C14H24N2O3S/c1-11(2)16-9-14(8-13(16)10-17)20(18,19)15-7-6-12-4-3-5-12/h8-9,11-12,15,17H,3-7,10H2,1-2H3. The van der Waals surface area contributed by atoms with E-state index in [-0.39, 0.29) is 17.5 Å². The van der Waals surface area contributed by atoms with Crippen LogP contribution < -0.4 is 4.72 Å². The lowest BCUT2D eigenvalue weighted by atomic mass is 9.83. The van der Waals surface area contributed by atoms with E-state index < -0.39 is 10.0 Å². The minimum Gasteiger partial charge on any atom is -0.390 e. The van der Waals surface area contributed by atoms with Crippen LogP contribution in [0.3, 0.4) is 0 Å². The average molecular weight is 300 g/mol. The summed E-state index contributed by atoms with van der Waals surface area (Å²) in [7, 11) is -3.47. The fraction of sp³-hybridized carbons (Fsp3) is 0.714. The Kier molecular flexibility index (Phi) is 4.88.